The summed E-state index contributed by atoms with van der Waals surface area (Å²) >= 11 is 0. The van der Waals surface area contributed by atoms with Crippen molar-refractivity contribution >= 4 is 29.5 Å². The summed E-state index contributed by atoms with van der Waals surface area (Å²) in [6, 6.07) is 11.1. The number of primary amides is 1. The number of anilines is 1. The molecule has 0 spiro atoms. The third-order valence-electron chi connectivity index (χ3n) is 6.57. The van der Waals surface area contributed by atoms with E-state index in [1.54, 1.807) is 20.8 Å². The molecule has 2 rings (SSSR count). The summed E-state index contributed by atoms with van der Waals surface area (Å²) < 4.78 is 5.40. The summed E-state index contributed by atoms with van der Waals surface area (Å²) in [5, 5.41) is 5.68. The van der Waals surface area contributed by atoms with Crippen LogP contribution >= 0.6 is 0 Å². The van der Waals surface area contributed by atoms with Gasteiger partial charge in [-0.3, -0.25) is 14.4 Å². The highest BCUT2D eigenvalue weighted by Gasteiger charge is 2.42. The molecule has 2 aromatic carbocycles. The number of benzene rings is 2. The van der Waals surface area contributed by atoms with Crippen molar-refractivity contribution < 1.29 is 23.9 Å². The van der Waals surface area contributed by atoms with E-state index in [2.05, 4.69) is 10.6 Å². The normalized spacial score (nSPS) is 13.1. The Hall–Kier alpha value is -3.88. The number of nitrogens with zero attached hydrogens (tertiary/aromatic N) is 1. The molecule has 0 saturated carbocycles. The SMILES string of the molecule is CCc1ccc(C(C(=O)Nc2c(C)cccc2C)N(C(=O)C(CCC(N)=O)NC(=O)OC(C)(C)C)C(C)(C)C)cc1. The van der Waals surface area contributed by atoms with Crippen LogP contribution in [0.25, 0.3) is 0 Å². The van der Waals surface area contributed by atoms with Gasteiger partial charge in [0, 0.05) is 17.6 Å². The number of ether oxygens (including phenoxy) is 1. The third kappa shape index (κ3) is 9.62. The molecule has 224 valence electrons. The van der Waals surface area contributed by atoms with E-state index >= 15 is 0 Å². The third-order valence-corrected chi connectivity index (χ3v) is 6.57. The predicted molar refractivity (Wildman–Crippen MR) is 161 cm³/mol. The molecule has 2 unspecified atom stereocenters. The van der Waals surface area contributed by atoms with E-state index < -0.39 is 47.0 Å². The van der Waals surface area contributed by atoms with Crippen molar-refractivity contribution in [2.24, 2.45) is 5.73 Å². The first-order valence-corrected chi connectivity index (χ1v) is 14.0. The first-order chi connectivity index (χ1) is 18.9. The van der Waals surface area contributed by atoms with Crippen LogP contribution in [0.5, 0.6) is 0 Å². The quantitative estimate of drug-likeness (QED) is 0.358. The summed E-state index contributed by atoms with van der Waals surface area (Å²) in [6.07, 6.45) is -0.191. The van der Waals surface area contributed by atoms with E-state index in [1.807, 2.05) is 84.0 Å². The highest BCUT2D eigenvalue weighted by Crippen LogP contribution is 2.32. The molecule has 4 amide bonds. The van der Waals surface area contributed by atoms with Gasteiger partial charge in [-0.25, -0.2) is 4.79 Å². The lowest BCUT2D eigenvalue weighted by Crippen LogP contribution is -2.58. The fourth-order valence-electron chi connectivity index (χ4n) is 4.56. The zero-order valence-electron chi connectivity index (χ0n) is 25.9. The molecule has 0 fully saturated rings. The zero-order chi connectivity index (χ0) is 31.1. The molecule has 0 aliphatic carbocycles. The van der Waals surface area contributed by atoms with Crippen molar-refractivity contribution in [1.82, 2.24) is 10.2 Å². The van der Waals surface area contributed by atoms with Gasteiger partial charge in [0.05, 0.1) is 0 Å². The molecule has 0 heterocycles. The van der Waals surface area contributed by atoms with Crippen LogP contribution in [0, 0.1) is 13.8 Å². The molecule has 0 bridgehead atoms. The van der Waals surface area contributed by atoms with E-state index in [0.29, 0.717) is 11.3 Å². The fourth-order valence-corrected chi connectivity index (χ4v) is 4.56. The van der Waals surface area contributed by atoms with Crippen molar-refractivity contribution in [3.05, 3.63) is 64.7 Å². The summed E-state index contributed by atoms with van der Waals surface area (Å²) in [5.74, 6) is -1.55. The monoisotopic (exact) mass is 566 g/mol. The first-order valence-electron chi connectivity index (χ1n) is 14.0. The highest BCUT2D eigenvalue weighted by atomic mass is 16.6. The second-order valence-corrected chi connectivity index (χ2v) is 12.3. The molecule has 9 heteroatoms. The molecular formula is C32H46N4O5. The summed E-state index contributed by atoms with van der Waals surface area (Å²) in [6.45, 7) is 16.5. The minimum atomic E-state index is -1.16. The lowest BCUT2D eigenvalue weighted by molar-refractivity contribution is -0.147. The molecular weight excluding hydrogens is 520 g/mol. The van der Waals surface area contributed by atoms with Crippen molar-refractivity contribution in [2.75, 3.05) is 5.32 Å². The van der Waals surface area contributed by atoms with Crippen LogP contribution in [0.1, 0.15) is 89.6 Å². The Morgan fingerprint density at radius 1 is 0.927 bits per heavy atom. The maximum absolute atomic E-state index is 14.4. The number of hydrogen-bond donors (Lipinski definition) is 3. The Morgan fingerprint density at radius 3 is 1.95 bits per heavy atom. The van der Waals surface area contributed by atoms with Crippen LogP contribution in [-0.2, 0) is 25.5 Å². The average molecular weight is 567 g/mol. The Bertz CT molecular complexity index is 1220. The van der Waals surface area contributed by atoms with Crippen molar-refractivity contribution in [3.63, 3.8) is 0 Å². The summed E-state index contributed by atoms with van der Waals surface area (Å²) in [5.41, 5.74) is 7.87. The molecule has 0 aliphatic heterocycles. The average Bonchev–Trinajstić information content (AvgIpc) is 2.85. The van der Waals surface area contributed by atoms with E-state index in [-0.39, 0.29) is 12.8 Å². The topological polar surface area (TPSA) is 131 Å². The Morgan fingerprint density at radius 2 is 1.49 bits per heavy atom. The van der Waals surface area contributed by atoms with Gasteiger partial charge in [-0.05, 0) is 90.5 Å². The van der Waals surface area contributed by atoms with Gasteiger partial charge in [-0.15, -0.1) is 0 Å². The number of hydrogen-bond acceptors (Lipinski definition) is 5. The molecule has 2 aromatic rings. The number of nitrogens with one attached hydrogen (secondary N) is 2. The number of carbonyl (C=O) groups is 4. The summed E-state index contributed by atoms with van der Waals surface area (Å²) in [4.78, 5) is 54.4. The number of rotatable bonds is 10. The highest BCUT2D eigenvalue weighted by molar-refractivity contribution is 6.00. The molecule has 4 N–H and O–H groups in total. The minimum Gasteiger partial charge on any atom is -0.444 e. The first kappa shape index (κ1) is 33.3. The molecule has 0 saturated heterocycles. The van der Waals surface area contributed by atoms with Crippen LogP contribution in [0.2, 0.25) is 0 Å². The van der Waals surface area contributed by atoms with E-state index in [0.717, 1.165) is 23.1 Å². The van der Waals surface area contributed by atoms with Crippen LogP contribution < -0.4 is 16.4 Å². The zero-order valence-corrected chi connectivity index (χ0v) is 25.9. The van der Waals surface area contributed by atoms with Crippen molar-refractivity contribution in [2.45, 2.75) is 105 Å². The number of nitrogens with two attached hydrogens (primary N) is 1. The Kier molecular flexibility index (Phi) is 11.1. The maximum Gasteiger partial charge on any atom is 0.408 e. The second kappa shape index (κ2) is 13.7. The molecule has 41 heavy (non-hydrogen) atoms. The largest absolute Gasteiger partial charge is 0.444 e. The van der Waals surface area contributed by atoms with Gasteiger partial charge >= 0.3 is 6.09 Å². The van der Waals surface area contributed by atoms with Gasteiger partial charge in [0.1, 0.15) is 17.7 Å². The van der Waals surface area contributed by atoms with Crippen LogP contribution in [0.4, 0.5) is 10.5 Å². The molecule has 0 radical (unpaired) electrons. The molecule has 9 nitrogen and oxygen atoms in total. The second-order valence-electron chi connectivity index (χ2n) is 12.3. The lowest BCUT2D eigenvalue weighted by Gasteiger charge is -2.43. The predicted octanol–water partition coefficient (Wildman–Crippen LogP) is 5.33. The number of alkyl carbamates (subject to hydrolysis) is 1. The summed E-state index contributed by atoms with van der Waals surface area (Å²) in [7, 11) is 0. The van der Waals surface area contributed by atoms with Crippen molar-refractivity contribution in [1.29, 1.82) is 0 Å². The van der Waals surface area contributed by atoms with Gasteiger partial charge in [-0.1, -0.05) is 49.4 Å². The number of para-hydroxylation sites is 1. The van der Waals surface area contributed by atoms with Gasteiger partial charge in [0.25, 0.3) is 5.91 Å². The lowest BCUT2D eigenvalue weighted by atomic mass is 9.93. The van der Waals surface area contributed by atoms with Crippen LogP contribution in [-0.4, -0.2) is 45.9 Å². The van der Waals surface area contributed by atoms with Crippen molar-refractivity contribution in [3.8, 4) is 0 Å². The number of amides is 4. The van der Waals surface area contributed by atoms with Crippen LogP contribution in [0.15, 0.2) is 42.5 Å². The fraction of sp³-hybridized carbons (Fsp3) is 0.500. The molecule has 0 aliphatic rings. The number of carbonyl (C=O) groups excluding carboxylic acids is 4. The van der Waals surface area contributed by atoms with E-state index in [4.69, 9.17) is 10.5 Å². The van der Waals surface area contributed by atoms with Gasteiger partial charge in [-0.2, -0.15) is 0 Å². The van der Waals surface area contributed by atoms with E-state index in [9.17, 15) is 19.2 Å². The van der Waals surface area contributed by atoms with Gasteiger partial charge in [0.15, 0.2) is 0 Å². The van der Waals surface area contributed by atoms with Gasteiger partial charge < -0.3 is 26.0 Å². The van der Waals surface area contributed by atoms with Crippen LogP contribution in [0.3, 0.4) is 0 Å². The minimum absolute atomic E-state index is 0.0556. The maximum atomic E-state index is 14.4. The molecule has 2 atom stereocenters. The Labute approximate surface area is 244 Å². The van der Waals surface area contributed by atoms with E-state index in [1.165, 1.54) is 4.90 Å². The smallest absolute Gasteiger partial charge is 0.408 e. The Balaban J connectivity index is 2.64. The standard InChI is InChI=1S/C32H46N4O5/c1-10-22-14-16-23(17-15-22)27(28(38)35-26-20(2)12-11-13-21(26)3)36(31(4,5)6)29(39)24(18-19-25(33)37)34-30(40)41-32(7,8)9/h11-17,24,27H,10,18-19H2,1-9H3,(H2,33,37)(H,34,40)(H,35,38). The molecule has 0 aromatic heterocycles. The van der Waals surface area contributed by atoms with Gasteiger partial charge in [0.2, 0.25) is 11.8 Å². The number of aryl methyl sites for hydroxylation is 3.